The largest absolute Gasteiger partial charge is 0.508 e. The van der Waals surface area contributed by atoms with Gasteiger partial charge in [-0.05, 0) is 25.0 Å². The van der Waals surface area contributed by atoms with Crippen LogP contribution in [0.25, 0.3) is 0 Å². The lowest BCUT2D eigenvalue weighted by Crippen LogP contribution is -2.36. The van der Waals surface area contributed by atoms with E-state index in [1.807, 2.05) is 6.08 Å². The summed E-state index contributed by atoms with van der Waals surface area (Å²) < 4.78 is 0. The molecular weight excluding hydrogens is 228 g/mol. The molecule has 18 heavy (non-hydrogen) atoms. The average molecular weight is 246 g/mol. The van der Waals surface area contributed by atoms with Crippen molar-refractivity contribution in [2.24, 2.45) is 11.5 Å². The Labute approximate surface area is 106 Å². The summed E-state index contributed by atoms with van der Waals surface area (Å²) >= 11 is 0. The third kappa shape index (κ3) is 2.39. The van der Waals surface area contributed by atoms with Gasteiger partial charge in [0.25, 0.3) is 0 Å². The topological polar surface area (TPSA) is 92.5 Å². The van der Waals surface area contributed by atoms with E-state index < -0.39 is 12.1 Å². The Kier molecular flexibility index (Phi) is 3.69. The average Bonchev–Trinajstić information content (AvgIpc) is 2.38. The molecule has 2 atom stereocenters. The summed E-state index contributed by atoms with van der Waals surface area (Å²) in [7, 11) is 0. The number of rotatable bonds is 3. The number of phenols is 1. The van der Waals surface area contributed by atoms with E-state index in [4.69, 9.17) is 11.5 Å². The lowest BCUT2D eigenvalue weighted by molar-refractivity contribution is 0.398. The molecule has 0 aliphatic heterocycles. The number of phenolic OH excluding ortho intramolecular Hbond substituents is 1. The zero-order valence-electron chi connectivity index (χ0n) is 10.1. The van der Waals surface area contributed by atoms with Gasteiger partial charge >= 0.3 is 0 Å². The molecule has 1 aromatic rings. The molecule has 0 amide bonds. The minimum Gasteiger partial charge on any atom is -0.508 e. The molecule has 0 spiro atoms. The molecule has 96 valence electrons. The monoisotopic (exact) mass is 246 g/mol. The summed E-state index contributed by atoms with van der Waals surface area (Å²) in [6.07, 6.45) is 5.31. The number of benzene rings is 1. The molecule has 2 rings (SSSR count). The van der Waals surface area contributed by atoms with E-state index in [2.05, 4.69) is 0 Å². The molecule has 0 saturated carbocycles. The minimum absolute atomic E-state index is 0.125. The van der Waals surface area contributed by atoms with Gasteiger partial charge < -0.3 is 21.7 Å². The van der Waals surface area contributed by atoms with Gasteiger partial charge in [0.05, 0.1) is 12.1 Å². The van der Waals surface area contributed by atoms with Gasteiger partial charge in [-0.25, -0.2) is 0 Å². The zero-order chi connectivity index (χ0) is 13.1. The quantitative estimate of drug-likeness (QED) is 0.655. The summed E-state index contributed by atoms with van der Waals surface area (Å²) in [5.41, 5.74) is 13.4. The molecular formula is C14H18N2O2. The maximum absolute atomic E-state index is 9.80. The Balaban J connectivity index is 2.24. The molecule has 0 saturated heterocycles. The Morgan fingerprint density at radius 2 is 1.61 bits per heavy atom. The summed E-state index contributed by atoms with van der Waals surface area (Å²) in [5.74, 6) is 0.319. The Morgan fingerprint density at radius 3 is 2.28 bits per heavy atom. The number of hydrogen-bond donors (Lipinski definition) is 4. The van der Waals surface area contributed by atoms with Crippen molar-refractivity contribution in [1.29, 1.82) is 0 Å². The van der Waals surface area contributed by atoms with E-state index in [9.17, 15) is 10.2 Å². The number of nitrogens with two attached hydrogens (primary N) is 2. The normalized spacial score (nSPS) is 18.8. The number of para-hydroxylation sites is 1. The summed E-state index contributed by atoms with van der Waals surface area (Å²) in [4.78, 5) is 0. The van der Waals surface area contributed by atoms with Gasteiger partial charge in [0.1, 0.15) is 11.5 Å². The van der Waals surface area contributed by atoms with E-state index in [1.54, 1.807) is 30.3 Å². The lowest BCUT2D eigenvalue weighted by atomic mass is 9.90. The second kappa shape index (κ2) is 5.25. The molecule has 1 aliphatic rings. The first-order chi connectivity index (χ1) is 8.61. The van der Waals surface area contributed by atoms with Crippen LogP contribution in [0.4, 0.5) is 0 Å². The fraction of sp³-hybridized carbons (Fsp3) is 0.286. The van der Waals surface area contributed by atoms with Gasteiger partial charge in [-0.3, -0.25) is 0 Å². The van der Waals surface area contributed by atoms with Crippen LogP contribution in [-0.2, 0) is 0 Å². The standard InChI is InChI=1S/C14H18N2O2/c15-13(9-5-1-3-7-11(9)17)14(16)10-6-2-4-8-12(10)18/h1,3,5-8,13-14,17-18H,2,4,15-16H2/t13-,14-/m1/s1. The minimum atomic E-state index is -0.550. The number of aromatic hydroxyl groups is 1. The highest BCUT2D eigenvalue weighted by molar-refractivity contribution is 5.40. The van der Waals surface area contributed by atoms with Crippen molar-refractivity contribution >= 4 is 0 Å². The van der Waals surface area contributed by atoms with Crippen molar-refractivity contribution < 1.29 is 10.2 Å². The molecule has 0 aromatic heterocycles. The van der Waals surface area contributed by atoms with Crippen LogP contribution in [0.3, 0.4) is 0 Å². The number of aliphatic hydroxyl groups is 1. The molecule has 4 heteroatoms. The van der Waals surface area contributed by atoms with Crippen LogP contribution in [0.15, 0.2) is 47.7 Å². The molecule has 0 radical (unpaired) electrons. The number of allylic oxidation sites excluding steroid dienone is 2. The molecule has 0 heterocycles. The molecule has 0 unspecified atom stereocenters. The second-order valence-electron chi connectivity index (χ2n) is 4.44. The van der Waals surface area contributed by atoms with Crippen LogP contribution in [0.1, 0.15) is 24.4 Å². The lowest BCUT2D eigenvalue weighted by Gasteiger charge is -2.25. The van der Waals surface area contributed by atoms with Crippen LogP contribution in [0.2, 0.25) is 0 Å². The van der Waals surface area contributed by atoms with Crippen LogP contribution in [0, 0.1) is 0 Å². The van der Waals surface area contributed by atoms with E-state index in [1.165, 1.54) is 0 Å². The van der Waals surface area contributed by atoms with E-state index in [-0.39, 0.29) is 11.5 Å². The van der Waals surface area contributed by atoms with Gasteiger partial charge in [-0.1, -0.05) is 24.3 Å². The molecule has 0 bridgehead atoms. The fourth-order valence-electron chi connectivity index (χ4n) is 2.14. The van der Waals surface area contributed by atoms with E-state index in [0.717, 1.165) is 12.8 Å². The highest BCUT2D eigenvalue weighted by atomic mass is 16.3. The zero-order valence-corrected chi connectivity index (χ0v) is 10.1. The van der Waals surface area contributed by atoms with Crippen molar-refractivity contribution in [1.82, 2.24) is 0 Å². The molecule has 0 fully saturated rings. The smallest absolute Gasteiger partial charge is 0.120 e. The van der Waals surface area contributed by atoms with Crippen LogP contribution >= 0.6 is 0 Å². The third-order valence-corrected chi connectivity index (χ3v) is 3.21. The molecule has 1 aliphatic carbocycles. The first kappa shape index (κ1) is 12.7. The Bertz CT molecular complexity index is 494. The second-order valence-corrected chi connectivity index (χ2v) is 4.44. The van der Waals surface area contributed by atoms with Crippen molar-refractivity contribution in [3.8, 4) is 5.75 Å². The highest BCUT2D eigenvalue weighted by Gasteiger charge is 2.24. The van der Waals surface area contributed by atoms with Crippen LogP contribution in [-0.4, -0.2) is 16.3 Å². The van der Waals surface area contributed by atoms with Crippen molar-refractivity contribution in [3.63, 3.8) is 0 Å². The fourth-order valence-corrected chi connectivity index (χ4v) is 2.14. The number of hydrogen-bond acceptors (Lipinski definition) is 4. The molecule has 6 N–H and O–H groups in total. The first-order valence-electron chi connectivity index (χ1n) is 6.00. The summed E-state index contributed by atoms with van der Waals surface area (Å²) in [6, 6.07) is 5.76. The third-order valence-electron chi connectivity index (χ3n) is 3.21. The first-order valence-corrected chi connectivity index (χ1v) is 6.00. The molecule has 1 aromatic carbocycles. The molecule has 4 nitrogen and oxygen atoms in total. The van der Waals surface area contributed by atoms with Crippen molar-refractivity contribution in [2.45, 2.75) is 24.9 Å². The summed E-state index contributed by atoms with van der Waals surface area (Å²) in [5, 5.41) is 19.6. The van der Waals surface area contributed by atoms with Crippen molar-refractivity contribution in [3.05, 3.63) is 53.3 Å². The van der Waals surface area contributed by atoms with Gasteiger partial charge in [0, 0.05) is 11.1 Å². The predicted octanol–water partition coefficient (Wildman–Crippen LogP) is 1.88. The van der Waals surface area contributed by atoms with Crippen LogP contribution < -0.4 is 11.5 Å². The van der Waals surface area contributed by atoms with Gasteiger partial charge in [0.2, 0.25) is 0 Å². The Hall–Kier alpha value is -1.78. The van der Waals surface area contributed by atoms with E-state index in [0.29, 0.717) is 11.1 Å². The SMILES string of the molecule is N[C@H](C1=CCCC=C1O)[C@H](N)c1ccccc1O. The highest BCUT2D eigenvalue weighted by Crippen LogP contribution is 2.29. The van der Waals surface area contributed by atoms with Gasteiger partial charge in [-0.2, -0.15) is 0 Å². The Morgan fingerprint density at radius 1 is 0.944 bits per heavy atom. The summed E-state index contributed by atoms with van der Waals surface area (Å²) in [6.45, 7) is 0. The maximum atomic E-state index is 9.80. The predicted molar refractivity (Wildman–Crippen MR) is 71.0 cm³/mol. The van der Waals surface area contributed by atoms with Gasteiger partial charge in [-0.15, -0.1) is 0 Å². The van der Waals surface area contributed by atoms with Crippen molar-refractivity contribution in [2.75, 3.05) is 0 Å². The van der Waals surface area contributed by atoms with E-state index >= 15 is 0 Å². The van der Waals surface area contributed by atoms with Gasteiger partial charge in [0.15, 0.2) is 0 Å². The number of aliphatic hydroxyl groups excluding tert-OH is 1. The van der Waals surface area contributed by atoms with Crippen LogP contribution in [0.5, 0.6) is 5.75 Å². The maximum Gasteiger partial charge on any atom is 0.120 e.